The van der Waals surface area contributed by atoms with Gasteiger partial charge in [-0.3, -0.25) is 0 Å². The monoisotopic (exact) mass is 290 g/mol. The first kappa shape index (κ1) is 10.4. The van der Waals surface area contributed by atoms with E-state index in [2.05, 4.69) is 44.2 Å². The van der Waals surface area contributed by atoms with Crippen LogP contribution in [0.2, 0.25) is 8.87 Å². The van der Waals surface area contributed by atoms with Gasteiger partial charge in [-0.15, -0.1) is 0 Å². The van der Waals surface area contributed by atoms with Gasteiger partial charge in [0.1, 0.15) is 0 Å². The van der Waals surface area contributed by atoms with Gasteiger partial charge >= 0.3 is 82.8 Å². The molecule has 0 aliphatic rings. The van der Waals surface area contributed by atoms with E-state index < -0.39 is 17.3 Å². The van der Waals surface area contributed by atoms with Crippen LogP contribution in [0, 0.1) is 0 Å². The molecule has 0 atom stereocenters. The van der Waals surface area contributed by atoms with Gasteiger partial charge in [-0.2, -0.15) is 0 Å². The third-order valence-electron chi connectivity index (χ3n) is 2.41. The number of rotatable bonds is 3. The zero-order valence-electron chi connectivity index (χ0n) is 7.68. The van der Waals surface area contributed by atoms with Crippen molar-refractivity contribution in [2.45, 2.75) is 22.7 Å². The molecule has 0 saturated carbocycles. The van der Waals surface area contributed by atoms with Crippen molar-refractivity contribution in [3.8, 4) is 0 Å². The van der Waals surface area contributed by atoms with Crippen LogP contribution < -0.4 is 3.58 Å². The molecule has 0 aromatic heterocycles. The minimum absolute atomic E-state index is 1.19. The fourth-order valence-corrected chi connectivity index (χ4v) is 8.25. The van der Waals surface area contributed by atoms with Crippen LogP contribution in [-0.2, 0) is 0 Å². The first-order valence-corrected chi connectivity index (χ1v) is 13.5. The number of benzene rings is 1. The van der Waals surface area contributed by atoms with E-state index in [0.717, 1.165) is 0 Å². The molecule has 1 aromatic rings. The summed E-state index contributed by atoms with van der Waals surface area (Å²) in [5.74, 6) is 0. The molecule has 0 saturated heterocycles. The van der Waals surface area contributed by atoms with Gasteiger partial charge in [0.2, 0.25) is 0 Å². The molecule has 0 heterocycles. The SMILES string of the molecule is C[CH2][Sn]([Cl])([CH2]C)[c]1ccccc1. The van der Waals surface area contributed by atoms with Gasteiger partial charge in [0.25, 0.3) is 0 Å². The van der Waals surface area contributed by atoms with Crippen LogP contribution in [0.5, 0.6) is 0 Å². The van der Waals surface area contributed by atoms with E-state index in [1.807, 2.05) is 0 Å². The predicted molar refractivity (Wildman–Crippen MR) is 58.6 cm³/mol. The standard InChI is InChI=1S/C6H5.2C2H5.ClH.Sn/c1-2-4-6-5-3-1;2*1-2;;/h1-5H;2*1H2,2H3;1H;/q;;;;+1/p-1. The van der Waals surface area contributed by atoms with Gasteiger partial charge in [-0.05, 0) is 0 Å². The molecule has 0 unspecified atom stereocenters. The molecule has 1 aromatic carbocycles. The maximum atomic E-state index is 6.64. The van der Waals surface area contributed by atoms with Crippen molar-refractivity contribution in [1.82, 2.24) is 0 Å². The zero-order chi connectivity index (χ0) is 9.03. The Morgan fingerprint density at radius 2 is 1.58 bits per heavy atom. The van der Waals surface area contributed by atoms with Crippen LogP contribution in [-0.4, -0.2) is 17.3 Å². The van der Waals surface area contributed by atoms with Crippen molar-refractivity contribution in [2.24, 2.45) is 0 Å². The molecule has 0 aliphatic heterocycles. The van der Waals surface area contributed by atoms with Crippen molar-refractivity contribution >= 4 is 29.8 Å². The van der Waals surface area contributed by atoms with E-state index in [0.29, 0.717) is 0 Å². The summed E-state index contributed by atoms with van der Waals surface area (Å²) < 4.78 is 3.83. The Morgan fingerprint density at radius 1 is 1.08 bits per heavy atom. The minimum atomic E-state index is -2.34. The summed E-state index contributed by atoms with van der Waals surface area (Å²) in [4.78, 5) is 0. The summed E-state index contributed by atoms with van der Waals surface area (Å²) in [5, 5.41) is 0. The van der Waals surface area contributed by atoms with Crippen molar-refractivity contribution in [3.05, 3.63) is 30.3 Å². The van der Waals surface area contributed by atoms with Crippen LogP contribution in [0.1, 0.15) is 13.8 Å². The molecule has 0 bridgehead atoms. The Kier molecular flexibility index (Phi) is 3.91. The number of halogens is 1. The molecule has 2 heteroatoms. The molecule has 0 aliphatic carbocycles. The topological polar surface area (TPSA) is 0 Å². The molecule has 0 nitrogen and oxygen atoms in total. The average Bonchev–Trinajstić information content (AvgIpc) is 2.18. The fourth-order valence-electron chi connectivity index (χ4n) is 1.40. The Morgan fingerprint density at radius 3 is 2.00 bits per heavy atom. The van der Waals surface area contributed by atoms with E-state index >= 15 is 0 Å². The Hall–Kier alpha value is 0.309. The number of hydrogen-bond acceptors (Lipinski definition) is 0. The van der Waals surface area contributed by atoms with E-state index in [1.165, 1.54) is 12.5 Å². The summed E-state index contributed by atoms with van der Waals surface area (Å²) in [6, 6.07) is 10.6. The summed E-state index contributed by atoms with van der Waals surface area (Å²) in [7, 11) is 6.64. The van der Waals surface area contributed by atoms with Gasteiger partial charge in [0.15, 0.2) is 0 Å². The molecular formula is C10H15ClSn. The first-order chi connectivity index (χ1) is 5.73. The zero-order valence-corrected chi connectivity index (χ0v) is 11.3. The molecule has 66 valence electrons. The van der Waals surface area contributed by atoms with Crippen molar-refractivity contribution in [3.63, 3.8) is 0 Å². The van der Waals surface area contributed by atoms with Crippen LogP contribution >= 0.6 is 8.92 Å². The molecule has 0 spiro atoms. The second kappa shape index (κ2) is 4.52. The van der Waals surface area contributed by atoms with Crippen LogP contribution in [0.15, 0.2) is 30.3 Å². The maximum absolute atomic E-state index is 6.64. The van der Waals surface area contributed by atoms with Gasteiger partial charge in [0.05, 0.1) is 0 Å². The molecule has 1 rings (SSSR count). The van der Waals surface area contributed by atoms with Gasteiger partial charge in [-0.1, -0.05) is 0 Å². The second-order valence-corrected chi connectivity index (χ2v) is 19.1. The average molecular weight is 289 g/mol. The van der Waals surface area contributed by atoms with Gasteiger partial charge < -0.3 is 0 Å². The molecule has 0 N–H and O–H groups in total. The summed E-state index contributed by atoms with van der Waals surface area (Å²) in [6.45, 7) is 4.44. The molecule has 0 fully saturated rings. The van der Waals surface area contributed by atoms with Crippen LogP contribution in [0.4, 0.5) is 0 Å². The normalized spacial score (nSPS) is 11.6. The van der Waals surface area contributed by atoms with Crippen molar-refractivity contribution < 1.29 is 0 Å². The summed E-state index contributed by atoms with van der Waals surface area (Å²) >= 11 is -2.34. The molecule has 0 radical (unpaired) electrons. The Labute approximate surface area is 82.5 Å². The third kappa shape index (κ3) is 2.17. The van der Waals surface area contributed by atoms with Gasteiger partial charge in [-0.25, -0.2) is 0 Å². The van der Waals surface area contributed by atoms with Gasteiger partial charge in [0, 0.05) is 0 Å². The Bertz CT molecular complexity index is 229. The second-order valence-electron chi connectivity index (χ2n) is 3.04. The van der Waals surface area contributed by atoms with E-state index in [-0.39, 0.29) is 0 Å². The van der Waals surface area contributed by atoms with E-state index in [1.54, 1.807) is 0 Å². The fraction of sp³-hybridized carbons (Fsp3) is 0.400. The Balaban J connectivity index is 2.95. The third-order valence-corrected chi connectivity index (χ3v) is 17.8. The number of hydrogen-bond donors (Lipinski definition) is 0. The van der Waals surface area contributed by atoms with Crippen LogP contribution in [0.3, 0.4) is 0 Å². The first-order valence-electron chi connectivity index (χ1n) is 4.47. The quantitative estimate of drug-likeness (QED) is 0.750. The van der Waals surface area contributed by atoms with Crippen molar-refractivity contribution in [2.75, 3.05) is 0 Å². The van der Waals surface area contributed by atoms with Crippen molar-refractivity contribution in [1.29, 1.82) is 0 Å². The summed E-state index contributed by atoms with van der Waals surface area (Å²) in [6.07, 6.45) is 0. The molecular weight excluding hydrogens is 274 g/mol. The summed E-state index contributed by atoms with van der Waals surface area (Å²) in [5.41, 5.74) is 0. The molecule has 0 amide bonds. The van der Waals surface area contributed by atoms with Crippen LogP contribution in [0.25, 0.3) is 0 Å². The van der Waals surface area contributed by atoms with E-state index in [9.17, 15) is 0 Å². The molecule has 12 heavy (non-hydrogen) atoms. The van der Waals surface area contributed by atoms with E-state index in [4.69, 9.17) is 8.92 Å². The predicted octanol–water partition coefficient (Wildman–Crippen LogP) is 3.12.